The number of hydrogen-bond acceptors (Lipinski definition) is 5. The SMILES string of the molecule is CN1CCC(NCc2nccc(N)n2)CC1. The topological polar surface area (TPSA) is 67.1 Å². The van der Waals surface area contributed by atoms with Gasteiger partial charge in [0.25, 0.3) is 0 Å². The van der Waals surface area contributed by atoms with Crippen LogP contribution in [0.1, 0.15) is 18.7 Å². The number of nitrogens with one attached hydrogen (secondary N) is 1. The summed E-state index contributed by atoms with van der Waals surface area (Å²) in [4.78, 5) is 10.7. The molecule has 0 amide bonds. The zero-order valence-electron chi connectivity index (χ0n) is 9.69. The third-order valence-corrected chi connectivity index (χ3v) is 2.99. The van der Waals surface area contributed by atoms with E-state index in [4.69, 9.17) is 5.73 Å². The maximum Gasteiger partial charge on any atom is 0.144 e. The Bertz CT molecular complexity index is 333. The van der Waals surface area contributed by atoms with Gasteiger partial charge < -0.3 is 16.0 Å². The standard InChI is InChI=1S/C11H19N5/c1-16-6-3-9(4-7-16)14-8-11-13-5-2-10(12)15-11/h2,5,9,14H,3-4,6-8H2,1H3,(H2,12,13,15). The zero-order chi connectivity index (χ0) is 11.4. The van der Waals surface area contributed by atoms with E-state index < -0.39 is 0 Å². The minimum absolute atomic E-state index is 0.537. The van der Waals surface area contributed by atoms with E-state index in [1.54, 1.807) is 12.3 Å². The molecule has 1 aliphatic heterocycles. The maximum atomic E-state index is 5.60. The Morgan fingerprint density at radius 2 is 2.25 bits per heavy atom. The van der Waals surface area contributed by atoms with Crippen LogP contribution in [0.3, 0.4) is 0 Å². The third-order valence-electron chi connectivity index (χ3n) is 2.99. The summed E-state index contributed by atoms with van der Waals surface area (Å²) >= 11 is 0. The normalized spacial score (nSPS) is 18.8. The molecule has 0 unspecified atom stereocenters. The van der Waals surface area contributed by atoms with Crippen molar-refractivity contribution < 1.29 is 0 Å². The average Bonchev–Trinajstić information content (AvgIpc) is 2.28. The van der Waals surface area contributed by atoms with Crippen molar-refractivity contribution in [1.82, 2.24) is 20.2 Å². The van der Waals surface area contributed by atoms with Crippen molar-refractivity contribution in [1.29, 1.82) is 0 Å². The number of nitrogen functional groups attached to an aromatic ring is 1. The molecular formula is C11H19N5. The predicted molar refractivity (Wildman–Crippen MR) is 63.8 cm³/mol. The fraction of sp³-hybridized carbons (Fsp3) is 0.636. The molecule has 2 rings (SSSR count). The molecule has 0 atom stereocenters. The van der Waals surface area contributed by atoms with Crippen molar-refractivity contribution in [3.05, 3.63) is 18.1 Å². The molecule has 1 aromatic rings. The molecule has 1 aliphatic rings. The molecule has 3 N–H and O–H groups in total. The van der Waals surface area contributed by atoms with Gasteiger partial charge in [-0.25, -0.2) is 9.97 Å². The molecule has 16 heavy (non-hydrogen) atoms. The van der Waals surface area contributed by atoms with E-state index in [9.17, 15) is 0 Å². The molecule has 1 aromatic heterocycles. The molecule has 5 heteroatoms. The summed E-state index contributed by atoms with van der Waals surface area (Å²) in [5, 5.41) is 3.48. The molecule has 88 valence electrons. The molecule has 5 nitrogen and oxygen atoms in total. The van der Waals surface area contributed by atoms with Gasteiger partial charge >= 0.3 is 0 Å². The summed E-state index contributed by atoms with van der Waals surface area (Å²) in [6.45, 7) is 3.03. The summed E-state index contributed by atoms with van der Waals surface area (Å²) < 4.78 is 0. The second-order valence-corrected chi connectivity index (χ2v) is 4.36. The Morgan fingerprint density at radius 1 is 1.50 bits per heavy atom. The van der Waals surface area contributed by atoms with E-state index in [2.05, 4.69) is 27.2 Å². The van der Waals surface area contributed by atoms with Gasteiger partial charge in [0.05, 0.1) is 6.54 Å². The van der Waals surface area contributed by atoms with Crippen molar-refractivity contribution in [2.75, 3.05) is 25.9 Å². The number of rotatable bonds is 3. The highest BCUT2D eigenvalue weighted by Crippen LogP contribution is 2.08. The average molecular weight is 221 g/mol. The van der Waals surface area contributed by atoms with E-state index >= 15 is 0 Å². The number of likely N-dealkylation sites (tertiary alicyclic amines) is 1. The van der Waals surface area contributed by atoms with Gasteiger partial charge in [0.2, 0.25) is 0 Å². The highest BCUT2D eigenvalue weighted by atomic mass is 15.1. The largest absolute Gasteiger partial charge is 0.384 e. The lowest BCUT2D eigenvalue weighted by Crippen LogP contribution is -2.40. The number of nitrogens with two attached hydrogens (primary N) is 1. The molecule has 2 heterocycles. The summed E-state index contributed by atoms with van der Waals surface area (Å²) in [7, 11) is 2.16. The Balaban J connectivity index is 1.79. The summed E-state index contributed by atoms with van der Waals surface area (Å²) in [6.07, 6.45) is 4.09. The second kappa shape index (κ2) is 5.23. The summed E-state index contributed by atoms with van der Waals surface area (Å²) in [5.74, 6) is 1.31. The fourth-order valence-corrected chi connectivity index (χ4v) is 1.95. The van der Waals surface area contributed by atoms with Crippen LogP contribution in [-0.4, -0.2) is 41.0 Å². The first kappa shape index (κ1) is 11.3. The lowest BCUT2D eigenvalue weighted by atomic mass is 10.1. The highest BCUT2D eigenvalue weighted by molar-refractivity contribution is 5.24. The molecule has 0 spiro atoms. The number of anilines is 1. The second-order valence-electron chi connectivity index (χ2n) is 4.36. The number of aromatic nitrogens is 2. The van der Waals surface area contributed by atoms with Crippen LogP contribution in [-0.2, 0) is 6.54 Å². The molecular weight excluding hydrogens is 202 g/mol. The lowest BCUT2D eigenvalue weighted by molar-refractivity contribution is 0.233. The zero-order valence-corrected chi connectivity index (χ0v) is 9.69. The van der Waals surface area contributed by atoms with Crippen molar-refractivity contribution in [2.24, 2.45) is 0 Å². The predicted octanol–water partition coefficient (Wildman–Crippen LogP) is 0.243. The van der Waals surface area contributed by atoms with E-state index in [0.717, 1.165) is 18.9 Å². The van der Waals surface area contributed by atoms with E-state index in [-0.39, 0.29) is 0 Å². The Kier molecular flexibility index (Phi) is 3.69. The molecule has 0 saturated carbocycles. The Labute approximate surface area is 96.1 Å². The van der Waals surface area contributed by atoms with Crippen molar-refractivity contribution in [3.8, 4) is 0 Å². The van der Waals surface area contributed by atoms with E-state index in [0.29, 0.717) is 18.4 Å². The van der Waals surface area contributed by atoms with Crippen LogP contribution in [0.4, 0.5) is 5.82 Å². The summed E-state index contributed by atoms with van der Waals surface area (Å²) in [6, 6.07) is 2.29. The van der Waals surface area contributed by atoms with Crippen LogP contribution in [0.2, 0.25) is 0 Å². The Morgan fingerprint density at radius 3 is 2.94 bits per heavy atom. The van der Waals surface area contributed by atoms with E-state index in [1.165, 1.54) is 12.8 Å². The van der Waals surface area contributed by atoms with Crippen LogP contribution in [0.15, 0.2) is 12.3 Å². The molecule has 0 bridgehead atoms. The van der Waals surface area contributed by atoms with Gasteiger partial charge in [0, 0.05) is 12.2 Å². The van der Waals surface area contributed by atoms with Crippen molar-refractivity contribution in [3.63, 3.8) is 0 Å². The highest BCUT2D eigenvalue weighted by Gasteiger charge is 2.15. The molecule has 1 saturated heterocycles. The number of piperidine rings is 1. The van der Waals surface area contributed by atoms with Gasteiger partial charge in [-0.3, -0.25) is 0 Å². The van der Waals surface area contributed by atoms with Gasteiger partial charge in [-0.15, -0.1) is 0 Å². The fourth-order valence-electron chi connectivity index (χ4n) is 1.95. The molecule has 0 radical (unpaired) electrons. The maximum absolute atomic E-state index is 5.60. The minimum Gasteiger partial charge on any atom is -0.384 e. The smallest absolute Gasteiger partial charge is 0.144 e. The first-order valence-electron chi connectivity index (χ1n) is 5.73. The minimum atomic E-state index is 0.537. The molecule has 1 fully saturated rings. The van der Waals surface area contributed by atoms with Crippen LogP contribution in [0.5, 0.6) is 0 Å². The molecule has 0 aromatic carbocycles. The number of nitrogens with zero attached hydrogens (tertiary/aromatic N) is 3. The third kappa shape index (κ3) is 3.15. The van der Waals surface area contributed by atoms with Gasteiger partial charge in [-0.1, -0.05) is 0 Å². The lowest BCUT2D eigenvalue weighted by Gasteiger charge is -2.29. The van der Waals surface area contributed by atoms with Crippen LogP contribution < -0.4 is 11.1 Å². The van der Waals surface area contributed by atoms with Gasteiger partial charge in [-0.2, -0.15) is 0 Å². The van der Waals surface area contributed by atoms with E-state index in [1.807, 2.05) is 0 Å². The first-order chi connectivity index (χ1) is 7.74. The van der Waals surface area contributed by atoms with Crippen molar-refractivity contribution in [2.45, 2.75) is 25.4 Å². The van der Waals surface area contributed by atoms with Gasteiger partial charge in [0.1, 0.15) is 11.6 Å². The Hall–Kier alpha value is -1.20. The number of hydrogen-bond donors (Lipinski definition) is 2. The van der Waals surface area contributed by atoms with Crippen LogP contribution in [0, 0.1) is 0 Å². The summed E-state index contributed by atoms with van der Waals surface area (Å²) in [5.41, 5.74) is 5.60. The van der Waals surface area contributed by atoms with Gasteiger partial charge in [0.15, 0.2) is 0 Å². The van der Waals surface area contributed by atoms with Crippen molar-refractivity contribution >= 4 is 5.82 Å². The molecule has 0 aliphatic carbocycles. The van der Waals surface area contributed by atoms with Crippen LogP contribution >= 0.6 is 0 Å². The quantitative estimate of drug-likeness (QED) is 0.765. The van der Waals surface area contributed by atoms with Gasteiger partial charge in [-0.05, 0) is 39.0 Å². The monoisotopic (exact) mass is 221 g/mol. The first-order valence-corrected chi connectivity index (χ1v) is 5.73. The van der Waals surface area contributed by atoms with Crippen LogP contribution in [0.25, 0.3) is 0 Å².